The summed E-state index contributed by atoms with van der Waals surface area (Å²) in [5.41, 5.74) is 3.07. The Labute approximate surface area is 140 Å². The summed E-state index contributed by atoms with van der Waals surface area (Å²) in [5, 5.41) is 3.65. The van der Waals surface area contributed by atoms with Gasteiger partial charge in [-0.25, -0.2) is 9.37 Å². The lowest BCUT2D eigenvalue weighted by Crippen LogP contribution is -2.23. The van der Waals surface area contributed by atoms with E-state index in [1.165, 1.54) is 25.5 Å². The zero-order chi connectivity index (χ0) is 16.5. The molecule has 124 valence electrons. The van der Waals surface area contributed by atoms with Crippen LogP contribution in [0.25, 0.3) is 16.9 Å². The fourth-order valence-electron chi connectivity index (χ4n) is 3.58. The van der Waals surface area contributed by atoms with E-state index in [1.807, 2.05) is 25.1 Å². The number of nitrogens with one attached hydrogen (secondary N) is 1. The Hall–Kier alpha value is -2.43. The van der Waals surface area contributed by atoms with Gasteiger partial charge in [-0.3, -0.25) is 9.38 Å². The zero-order valence-electron chi connectivity index (χ0n) is 13.8. The van der Waals surface area contributed by atoms with Crippen LogP contribution in [0.15, 0.2) is 36.7 Å². The van der Waals surface area contributed by atoms with Crippen molar-refractivity contribution in [2.75, 3.05) is 5.32 Å². The minimum atomic E-state index is -0.342. The number of hydrogen-bond donors (Lipinski definition) is 1. The molecule has 4 rings (SSSR count). The molecule has 3 aromatic heterocycles. The summed E-state index contributed by atoms with van der Waals surface area (Å²) in [6.07, 6.45) is 8.94. The maximum absolute atomic E-state index is 14.3. The number of nitrogens with zero attached hydrogens (tertiary/aromatic N) is 3. The van der Waals surface area contributed by atoms with E-state index in [4.69, 9.17) is 4.98 Å². The number of aryl methyl sites for hydroxylation is 1. The highest BCUT2D eigenvalue weighted by Gasteiger charge is 2.21. The Morgan fingerprint density at radius 3 is 2.79 bits per heavy atom. The summed E-state index contributed by atoms with van der Waals surface area (Å²) >= 11 is 0. The Morgan fingerprint density at radius 2 is 2.00 bits per heavy atom. The van der Waals surface area contributed by atoms with Crippen molar-refractivity contribution in [2.24, 2.45) is 0 Å². The van der Waals surface area contributed by atoms with E-state index < -0.39 is 0 Å². The third kappa shape index (κ3) is 2.64. The first kappa shape index (κ1) is 15.1. The van der Waals surface area contributed by atoms with Gasteiger partial charge in [-0.05, 0) is 38.0 Å². The SMILES string of the molecule is Cc1cccc2nc(-c3ccncc3F)c(NC3CCCCC3)n12. The number of rotatable bonds is 3. The molecule has 0 aromatic carbocycles. The number of halogens is 1. The van der Waals surface area contributed by atoms with E-state index >= 15 is 0 Å². The molecule has 1 aliphatic carbocycles. The molecule has 0 amide bonds. The first-order chi connectivity index (χ1) is 11.7. The highest BCUT2D eigenvalue weighted by molar-refractivity contribution is 5.77. The van der Waals surface area contributed by atoms with Gasteiger partial charge in [0, 0.05) is 23.5 Å². The van der Waals surface area contributed by atoms with Crippen LogP contribution < -0.4 is 5.32 Å². The van der Waals surface area contributed by atoms with E-state index in [0.717, 1.165) is 30.0 Å². The lowest BCUT2D eigenvalue weighted by molar-refractivity contribution is 0.461. The second-order valence-corrected chi connectivity index (χ2v) is 6.50. The highest BCUT2D eigenvalue weighted by Crippen LogP contribution is 2.33. The van der Waals surface area contributed by atoms with Gasteiger partial charge in [-0.1, -0.05) is 25.3 Å². The molecule has 24 heavy (non-hydrogen) atoms. The van der Waals surface area contributed by atoms with Crippen LogP contribution in [0.4, 0.5) is 10.2 Å². The van der Waals surface area contributed by atoms with E-state index in [9.17, 15) is 4.39 Å². The summed E-state index contributed by atoms with van der Waals surface area (Å²) < 4.78 is 16.4. The molecule has 0 unspecified atom stereocenters. The van der Waals surface area contributed by atoms with Crippen LogP contribution in [0, 0.1) is 12.7 Å². The van der Waals surface area contributed by atoms with Crippen molar-refractivity contribution >= 4 is 11.5 Å². The summed E-state index contributed by atoms with van der Waals surface area (Å²) in [7, 11) is 0. The van der Waals surface area contributed by atoms with E-state index in [-0.39, 0.29) is 5.82 Å². The minimum Gasteiger partial charge on any atom is -0.367 e. The molecule has 0 aliphatic heterocycles. The van der Waals surface area contributed by atoms with Crippen molar-refractivity contribution in [2.45, 2.75) is 45.1 Å². The molecule has 5 heteroatoms. The van der Waals surface area contributed by atoms with E-state index in [0.29, 0.717) is 17.3 Å². The normalized spacial score (nSPS) is 15.8. The topological polar surface area (TPSA) is 42.2 Å². The lowest BCUT2D eigenvalue weighted by atomic mass is 9.95. The maximum atomic E-state index is 14.3. The second-order valence-electron chi connectivity index (χ2n) is 6.50. The molecule has 0 atom stereocenters. The standard InChI is InChI=1S/C19H21FN4/c1-13-6-5-9-17-23-18(15-10-11-21-12-16(15)20)19(24(13)17)22-14-7-3-2-4-8-14/h5-6,9-12,14,22H,2-4,7-8H2,1H3. The Bertz CT molecular complexity index is 865. The van der Waals surface area contributed by atoms with Crippen molar-refractivity contribution in [3.63, 3.8) is 0 Å². The molecule has 1 saturated carbocycles. The number of fused-ring (bicyclic) bond motifs is 1. The zero-order valence-corrected chi connectivity index (χ0v) is 13.8. The molecule has 3 heterocycles. The maximum Gasteiger partial charge on any atom is 0.151 e. The van der Waals surface area contributed by atoms with Crippen LogP contribution in [-0.2, 0) is 0 Å². The summed E-state index contributed by atoms with van der Waals surface area (Å²) in [4.78, 5) is 8.56. The second kappa shape index (κ2) is 6.23. The van der Waals surface area contributed by atoms with Gasteiger partial charge in [-0.2, -0.15) is 0 Å². The third-order valence-electron chi connectivity index (χ3n) is 4.81. The van der Waals surface area contributed by atoms with Gasteiger partial charge in [0.25, 0.3) is 0 Å². The van der Waals surface area contributed by atoms with Gasteiger partial charge in [0.15, 0.2) is 5.82 Å². The van der Waals surface area contributed by atoms with Crippen molar-refractivity contribution in [3.8, 4) is 11.3 Å². The van der Waals surface area contributed by atoms with Crippen molar-refractivity contribution in [1.29, 1.82) is 0 Å². The number of pyridine rings is 2. The van der Waals surface area contributed by atoms with Gasteiger partial charge in [-0.15, -0.1) is 0 Å². The number of anilines is 1. The number of imidazole rings is 1. The van der Waals surface area contributed by atoms with Crippen LogP contribution in [0.3, 0.4) is 0 Å². The molecule has 1 aliphatic rings. The molecule has 0 spiro atoms. The van der Waals surface area contributed by atoms with E-state index in [1.54, 1.807) is 12.3 Å². The van der Waals surface area contributed by atoms with Crippen LogP contribution >= 0.6 is 0 Å². The van der Waals surface area contributed by atoms with Crippen LogP contribution in [0.1, 0.15) is 37.8 Å². The predicted octanol–water partition coefficient (Wildman–Crippen LogP) is 4.59. The molecule has 0 radical (unpaired) electrons. The lowest BCUT2D eigenvalue weighted by Gasteiger charge is -2.24. The molecule has 3 aromatic rings. The predicted molar refractivity (Wildman–Crippen MR) is 93.6 cm³/mol. The quantitative estimate of drug-likeness (QED) is 0.766. The molecule has 0 saturated heterocycles. The fraction of sp³-hybridized carbons (Fsp3) is 0.368. The molecular formula is C19H21FN4. The molecule has 0 bridgehead atoms. The average molecular weight is 324 g/mol. The van der Waals surface area contributed by atoms with Crippen LogP contribution in [-0.4, -0.2) is 20.4 Å². The molecule has 4 nitrogen and oxygen atoms in total. The van der Waals surface area contributed by atoms with Gasteiger partial charge in [0.05, 0.1) is 6.20 Å². The molecular weight excluding hydrogens is 303 g/mol. The Balaban J connectivity index is 1.87. The van der Waals surface area contributed by atoms with Gasteiger partial charge in [0.2, 0.25) is 0 Å². The Kier molecular flexibility index (Phi) is 3.92. The summed E-state index contributed by atoms with van der Waals surface area (Å²) in [6.45, 7) is 2.05. The minimum absolute atomic E-state index is 0.342. The molecule has 1 N–H and O–H groups in total. The van der Waals surface area contributed by atoms with Crippen LogP contribution in [0.2, 0.25) is 0 Å². The number of aromatic nitrogens is 3. The summed E-state index contributed by atoms with van der Waals surface area (Å²) in [5.74, 6) is 0.547. The first-order valence-electron chi connectivity index (χ1n) is 8.58. The van der Waals surface area contributed by atoms with Gasteiger partial charge >= 0.3 is 0 Å². The first-order valence-corrected chi connectivity index (χ1v) is 8.58. The van der Waals surface area contributed by atoms with Gasteiger partial charge in [0.1, 0.15) is 17.2 Å². The monoisotopic (exact) mass is 324 g/mol. The number of hydrogen-bond acceptors (Lipinski definition) is 3. The van der Waals surface area contributed by atoms with E-state index in [2.05, 4.69) is 14.7 Å². The third-order valence-corrected chi connectivity index (χ3v) is 4.81. The summed E-state index contributed by atoms with van der Waals surface area (Å²) in [6, 6.07) is 8.10. The van der Waals surface area contributed by atoms with Crippen LogP contribution in [0.5, 0.6) is 0 Å². The highest BCUT2D eigenvalue weighted by atomic mass is 19.1. The largest absolute Gasteiger partial charge is 0.367 e. The van der Waals surface area contributed by atoms with Gasteiger partial charge < -0.3 is 5.32 Å². The smallest absolute Gasteiger partial charge is 0.151 e. The van der Waals surface area contributed by atoms with Crippen molar-refractivity contribution in [1.82, 2.24) is 14.4 Å². The fourth-order valence-corrected chi connectivity index (χ4v) is 3.58. The molecule has 1 fully saturated rings. The van der Waals surface area contributed by atoms with Crippen molar-refractivity contribution in [3.05, 3.63) is 48.2 Å². The average Bonchev–Trinajstić information content (AvgIpc) is 2.96. The van der Waals surface area contributed by atoms with Crippen molar-refractivity contribution < 1.29 is 4.39 Å². The Morgan fingerprint density at radius 1 is 1.17 bits per heavy atom.